The maximum atomic E-state index is 12.9. The van der Waals surface area contributed by atoms with Gasteiger partial charge in [0, 0.05) is 44.3 Å². The summed E-state index contributed by atoms with van der Waals surface area (Å²) >= 11 is 0. The lowest BCUT2D eigenvalue weighted by Gasteiger charge is -2.36. The van der Waals surface area contributed by atoms with Gasteiger partial charge in [0.05, 0.1) is 6.54 Å². The van der Waals surface area contributed by atoms with Crippen molar-refractivity contribution in [2.24, 2.45) is 0 Å². The molecule has 0 atom stereocenters. The average Bonchev–Trinajstić information content (AvgIpc) is 2.99. The first kappa shape index (κ1) is 15.9. The molecular weight excluding hydrogens is 298 g/mol. The summed E-state index contributed by atoms with van der Waals surface area (Å²) in [6.07, 6.45) is 2.78. The van der Waals surface area contributed by atoms with Crippen LogP contribution in [0.2, 0.25) is 0 Å². The van der Waals surface area contributed by atoms with Crippen LogP contribution in [-0.2, 0) is 6.54 Å². The minimum atomic E-state index is -2.52. The average molecular weight is 320 g/mol. The van der Waals surface area contributed by atoms with E-state index >= 15 is 0 Å². The Morgan fingerprint density at radius 3 is 2.57 bits per heavy atom. The third-order valence-corrected chi connectivity index (χ3v) is 4.61. The van der Waals surface area contributed by atoms with Crippen LogP contribution in [0.4, 0.5) is 14.5 Å². The molecule has 0 amide bonds. The Morgan fingerprint density at radius 2 is 1.87 bits per heavy atom. The maximum absolute atomic E-state index is 12.9. The second-order valence-electron chi connectivity index (χ2n) is 6.01. The van der Waals surface area contributed by atoms with Crippen molar-refractivity contribution in [3.63, 3.8) is 0 Å². The normalized spacial score (nSPS) is 16.3. The fourth-order valence-corrected chi connectivity index (χ4v) is 3.07. The van der Waals surface area contributed by atoms with Gasteiger partial charge in [-0.15, -0.1) is 0 Å². The van der Waals surface area contributed by atoms with Gasteiger partial charge < -0.3 is 4.90 Å². The second kappa shape index (κ2) is 6.66. The molecule has 0 spiro atoms. The van der Waals surface area contributed by atoms with Crippen LogP contribution >= 0.6 is 0 Å². The molecule has 23 heavy (non-hydrogen) atoms. The summed E-state index contributed by atoms with van der Waals surface area (Å²) in [5.41, 5.74) is 3.89. The summed E-state index contributed by atoms with van der Waals surface area (Å²) in [6.45, 7) is 5.73. The Bertz CT molecular complexity index is 660. The zero-order valence-corrected chi connectivity index (χ0v) is 13.5. The summed E-state index contributed by atoms with van der Waals surface area (Å²) in [5.74, 6) is 0.431. The molecule has 2 heterocycles. The molecule has 0 unspecified atom stereocenters. The Hall–Kier alpha value is -1.95. The summed E-state index contributed by atoms with van der Waals surface area (Å²) in [6, 6.07) is 6.37. The van der Waals surface area contributed by atoms with E-state index in [1.165, 1.54) is 29.2 Å². The fraction of sp³-hybridized carbons (Fsp3) is 0.471. The van der Waals surface area contributed by atoms with E-state index < -0.39 is 6.55 Å². The summed E-state index contributed by atoms with van der Waals surface area (Å²) in [5, 5.41) is 0. The Balaban J connectivity index is 1.62. The van der Waals surface area contributed by atoms with Gasteiger partial charge in [0.1, 0.15) is 5.82 Å². The molecule has 0 radical (unpaired) electrons. The first-order valence-corrected chi connectivity index (χ1v) is 7.89. The molecular formula is C17H22F2N4. The van der Waals surface area contributed by atoms with Gasteiger partial charge in [-0.2, -0.15) is 8.78 Å². The molecule has 1 aromatic heterocycles. The number of hydrogen-bond acceptors (Lipinski definition) is 3. The SMILES string of the molecule is Cc1cccc(N2CCN(Cc3nccn3C(F)F)CC2)c1C. The van der Waals surface area contributed by atoms with Gasteiger partial charge in [-0.3, -0.25) is 9.47 Å². The molecule has 6 heteroatoms. The number of imidazole rings is 1. The highest BCUT2D eigenvalue weighted by molar-refractivity contribution is 5.56. The van der Waals surface area contributed by atoms with Crippen molar-refractivity contribution >= 4 is 5.69 Å². The number of anilines is 1. The molecule has 0 bridgehead atoms. The smallest absolute Gasteiger partial charge is 0.319 e. The molecule has 1 fully saturated rings. The van der Waals surface area contributed by atoms with E-state index in [0.29, 0.717) is 12.4 Å². The zero-order chi connectivity index (χ0) is 16.4. The first-order valence-electron chi connectivity index (χ1n) is 7.89. The second-order valence-corrected chi connectivity index (χ2v) is 6.01. The predicted molar refractivity (Wildman–Crippen MR) is 86.9 cm³/mol. The van der Waals surface area contributed by atoms with Crippen molar-refractivity contribution in [3.05, 3.63) is 47.5 Å². The topological polar surface area (TPSA) is 24.3 Å². The van der Waals surface area contributed by atoms with Crippen molar-refractivity contribution in [2.45, 2.75) is 26.9 Å². The van der Waals surface area contributed by atoms with E-state index in [4.69, 9.17) is 0 Å². The number of benzene rings is 1. The van der Waals surface area contributed by atoms with Crippen LogP contribution < -0.4 is 4.90 Å². The standard InChI is InChI=1S/C17H22F2N4/c1-13-4-3-5-15(14(13)2)22-10-8-21(9-11-22)12-16-20-6-7-23(16)17(18)19/h3-7,17H,8-12H2,1-2H3. The van der Waals surface area contributed by atoms with Gasteiger partial charge in [0.2, 0.25) is 0 Å². The highest BCUT2D eigenvalue weighted by atomic mass is 19.3. The third kappa shape index (κ3) is 3.37. The number of piperazine rings is 1. The number of aryl methyl sites for hydroxylation is 1. The molecule has 1 aliphatic heterocycles. The van der Waals surface area contributed by atoms with Crippen molar-refractivity contribution < 1.29 is 8.78 Å². The van der Waals surface area contributed by atoms with Crippen LogP contribution in [0, 0.1) is 13.8 Å². The molecule has 0 aliphatic carbocycles. The lowest BCUT2D eigenvalue weighted by atomic mass is 10.1. The number of aromatic nitrogens is 2. The number of alkyl halides is 2. The van der Waals surface area contributed by atoms with Crippen molar-refractivity contribution in [1.29, 1.82) is 0 Å². The van der Waals surface area contributed by atoms with Gasteiger partial charge in [0.25, 0.3) is 0 Å². The van der Waals surface area contributed by atoms with E-state index in [9.17, 15) is 8.78 Å². The fourth-order valence-electron chi connectivity index (χ4n) is 3.07. The van der Waals surface area contributed by atoms with E-state index in [1.54, 1.807) is 0 Å². The maximum Gasteiger partial charge on any atom is 0.319 e. The molecule has 0 saturated carbocycles. The van der Waals surface area contributed by atoms with Crippen molar-refractivity contribution in [2.75, 3.05) is 31.1 Å². The van der Waals surface area contributed by atoms with Crippen LogP contribution in [0.3, 0.4) is 0 Å². The monoisotopic (exact) mass is 320 g/mol. The number of hydrogen-bond donors (Lipinski definition) is 0. The van der Waals surface area contributed by atoms with Crippen molar-refractivity contribution in [1.82, 2.24) is 14.5 Å². The quantitative estimate of drug-likeness (QED) is 0.864. The highest BCUT2D eigenvalue weighted by Gasteiger charge is 2.21. The van der Waals surface area contributed by atoms with Crippen LogP contribution in [-0.4, -0.2) is 40.6 Å². The molecule has 1 saturated heterocycles. The zero-order valence-electron chi connectivity index (χ0n) is 13.5. The van der Waals surface area contributed by atoms with Crippen LogP contribution in [0.1, 0.15) is 23.5 Å². The summed E-state index contributed by atoms with van der Waals surface area (Å²) in [7, 11) is 0. The molecule has 1 aromatic carbocycles. The van der Waals surface area contributed by atoms with Gasteiger partial charge in [0.15, 0.2) is 0 Å². The Kier molecular flexibility index (Phi) is 4.61. The summed E-state index contributed by atoms with van der Waals surface area (Å²) < 4.78 is 26.7. The molecule has 2 aromatic rings. The minimum absolute atomic E-state index is 0.431. The van der Waals surface area contributed by atoms with Gasteiger partial charge in [-0.05, 0) is 31.0 Å². The van der Waals surface area contributed by atoms with E-state index in [1.807, 2.05) is 0 Å². The Morgan fingerprint density at radius 1 is 1.13 bits per heavy atom. The Labute approximate surface area is 135 Å². The first-order chi connectivity index (χ1) is 11.1. The lowest BCUT2D eigenvalue weighted by Crippen LogP contribution is -2.46. The third-order valence-electron chi connectivity index (χ3n) is 4.61. The predicted octanol–water partition coefficient (Wildman–Crippen LogP) is 3.22. The van der Waals surface area contributed by atoms with E-state index in [0.717, 1.165) is 30.7 Å². The van der Waals surface area contributed by atoms with E-state index in [2.05, 4.69) is 46.8 Å². The molecule has 3 rings (SSSR count). The molecule has 0 N–H and O–H groups in total. The van der Waals surface area contributed by atoms with Crippen molar-refractivity contribution in [3.8, 4) is 0 Å². The molecule has 124 valence electrons. The number of rotatable bonds is 4. The van der Waals surface area contributed by atoms with Crippen LogP contribution in [0.15, 0.2) is 30.6 Å². The van der Waals surface area contributed by atoms with E-state index in [-0.39, 0.29) is 0 Å². The number of nitrogens with zero attached hydrogens (tertiary/aromatic N) is 4. The summed E-state index contributed by atoms with van der Waals surface area (Å²) in [4.78, 5) is 8.62. The minimum Gasteiger partial charge on any atom is -0.369 e. The van der Waals surface area contributed by atoms with Crippen LogP contribution in [0.5, 0.6) is 0 Å². The highest BCUT2D eigenvalue weighted by Crippen LogP contribution is 2.24. The number of halogens is 2. The molecule has 4 nitrogen and oxygen atoms in total. The largest absolute Gasteiger partial charge is 0.369 e. The van der Waals surface area contributed by atoms with Gasteiger partial charge in [-0.25, -0.2) is 4.98 Å². The van der Waals surface area contributed by atoms with Gasteiger partial charge >= 0.3 is 6.55 Å². The molecule has 1 aliphatic rings. The lowest BCUT2D eigenvalue weighted by molar-refractivity contribution is 0.0637. The van der Waals surface area contributed by atoms with Gasteiger partial charge in [-0.1, -0.05) is 12.1 Å². The van der Waals surface area contributed by atoms with Crippen LogP contribution in [0.25, 0.3) is 0 Å².